The average molecular weight is 415 g/mol. The number of hydrogen-bond donors (Lipinski definition) is 1. The van der Waals surface area contributed by atoms with Gasteiger partial charge in [-0.05, 0) is 32.7 Å². The second-order valence-corrected chi connectivity index (χ2v) is 7.17. The monoisotopic (exact) mass is 415 g/mol. The summed E-state index contributed by atoms with van der Waals surface area (Å²) in [6.07, 6.45) is 0.549. The average Bonchev–Trinajstić information content (AvgIpc) is 2.61. The van der Waals surface area contributed by atoms with Crippen molar-refractivity contribution >= 4 is 17.8 Å². The smallest absolute Gasteiger partial charge is 0.308 e. The van der Waals surface area contributed by atoms with Crippen LogP contribution in [0.1, 0.15) is 40.5 Å². The molecule has 11 heteroatoms. The Morgan fingerprint density at radius 2 is 1.79 bits per heavy atom. The predicted molar refractivity (Wildman–Crippen MR) is 106 cm³/mol. The van der Waals surface area contributed by atoms with Crippen molar-refractivity contribution in [1.82, 2.24) is 10.2 Å². The number of amides is 2. The van der Waals surface area contributed by atoms with E-state index in [1.807, 2.05) is 0 Å². The minimum atomic E-state index is -0.587. The third kappa shape index (κ3) is 17.5. The van der Waals surface area contributed by atoms with Gasteiger partial charge in [0.2, 0.25) is 11.8 Å². The molecule has 0 bridgehead atoms. The van der Waals surface area contributed by atoms with E-state index in [2.05, 4.69) is 15.3 Å². The summed E-state index contributed by atoms with van der Waals surface area (Å²) in [4.78, 5) is 39.1. The first kappa shape index (κ1) is 26.6. The predicted octanol–water partition coefficient (Wildman–Crippen LogP) is 1.42. The van der Waals surface area contributed by atoms with Gasteiger partial charge in [0, 0.05) is 38.0 Å². The molecule has 0 aromatic rings. The summed E-state index contributed by atoms with van der Waals surface area (Å²) in [6, 6.07) is 0. The molecule has 11 nitrogen and oxygen atoms in total. The molecule has 2 amide bonds. The van der Waals surface area contributed by atoms with E-state index in [1.54, 1.807) is 20.8 Å². The Balaban J connectivity index is 4.26. The summed E-state index contributed by atoms with van der Waals surface area (Å²) in [6.45, 7) is 8.70. The van der Waals surface area contributed by atoms with Crippen LogP contribution in [0.25, 0.3) is 10.4 Å². The molecule has 0 saturated heterocycles. The van der Waals surface area contributed by atoms with Gasteiger partial charge >= 0.3 is 5.97 Å². The molecule has 0 spiro atoms. The van der Waals surface area contributed by atoms with Crippen molar-refractivity contribution in [2.24, 2.45) is 5.11 Å². The molecule has 0 radical (unpaired) electrons. The Morgan fingerprint density at radius 3 is 2.41 bits per heavy atom. The molecule has 29 heavy (non-hydrogen) atoms. The maximum atomic E-state index is 12.4. The Labute approximate surface area is 171 Å². The number of carbonyl (C=O) groups is 3. The van der Waals surface area contributed by atoms with E-state index in [4.69, 9.17) is 19.7 Å². The molecular weight excluding hydrogens is 382 g/mol. The highest BCUT2D eigenvalue weighted by molar-refractivity contribution is 5.78. The number of rotatable bonds is 15. The number of esters is 1. The number of carbonyl (C=O) groups excluding carboxylic acids is 3. The first-order chi connectivity index (χ1) is 13.7. The quantitative estimate of drug-likeness (QED) is 0.141. The first-order valence-electron chi connectivity index (χ1n) is 9.56. The van der Waals surface area contributed by atoms with Crippen molar-refractivity contribution < 1.29 is 28.6 Å². The van der Waals surface area contributed by atoms with E-state index < -0.39 is 5.60 Å². The molecule has 0 aliphatic carbocycles. The second kappa shape index (κ2) is 15.5. The van der Waals surface area contributed by atoms with Crippen LogP contribution in [0.3, 0.4) is 0 Å². The Hall–Kier alpha value is -2.36. The lowest BCUT2D eigenvalue weighted by Crippen LogP contribution is -2.37. The largest absolute Gasteiger partial charge is 0.460 e. The lowest BCUT2D eigenvalue weighted by Gasteiger charge is -2.24. The molecule has 0 atom stereocenters. The lowest BCUT2D eigenvalue weighted by atomic mass is 10.2. The van der Waals surface area contributed by atoms with Crippen LogP contribution >= 0.6 is 0 Å². The minimum absolute atomic E-state index is 0.0663. The number of hydrogen-bond acceptors (Lipinski definition) is 7. The maximum Gasteiger partial charge on any atom is 0.308 e. The highest BCUT2D eigenvalue weighted by atomic mass is 16.6. The number of nitrogens with one attached hydrogen (secondary N) is 1. The lowest BCUT2D eigenvalue weighted by molar-refractivity contribution is -0.155. The van der Waals surface area contributed by atoms with E-state index in [0.717, 1.165) is 0 Å². The van der Waals surface area contributed by atoms with E-state index in [-0.39, 0.29) is 50.5 Å². The number of ether oxygens (including phenoxy) is 3. The second-order valence-electron chi connectivity index (χ2n) is 7.17. The van der Waals surface area contributed by atoms with Gasteiger partial charge in [-0.25, -0.2) is 0 Å². The van der Waals surface area contributed by atoms with Crippen LogP contribution in [0.15, 0.2) is 5.11 Å². The van der Waals surface area contributed by atoms with Crippen LogP contribution in [0.2, 0.25) is 0 Å². The summed E-state index contributed by atoms with van der Waals surface area (Å²) in [7, 11) is 0. The zero-order chi connectivity index (χ0) is 22.1. The van der Waals surface area contributed by atoms with Gasteiger partial charge in [-0.15, -0.1) is 0 Å². The Bertz CT molecular complexity index is 557. The van der Waals surface area contributed by atoms with E-state index >= 15 is 0 Å². The van der Waals surface area contributed by atoms with Crippen LogP contribution in [0, 0.1) is 0 Å². The van der Waals surface area contributed by atoms with Crippen LogP contribution in [0.5, 0.6) is 0 Å². The molecule has 0 aromatic carbocycles. The number of azide groups is 1. The van der Waals surface area contributed by atoms with Crippen molar-refractivity contribution in [3.8, 4) is 0 Å². The molecule has 0 heterocycles. The fourth-order valence-corrected chi connectivity index (χ4v) is 2.13. The van der Waals surface area contributed by atoms with E-state index in [9.17, 15) is 14.4 Å². The van der Waals surface area contributed by atoms with Gasteiger partial charge in [0.25, 0.3) is 0 Å². The highest BCUT2D eigenvalue weighted by Gasteiger charge is 2.19. The zero-order valence-corrected chi connectivity index (χ0v) is 17.8. The van der Waals surface area contributed by atoms with Gasteiger partial charge in [-0.3, -0.25) is 14.4 Å². The van der Waals surface area contributed by atoms with Crippen LogP contribution in [-0.2, 0) is 28.6 Å². The molecule has 1 N–H and O–H groups in total. The van der Waals surface area contributed by atoms with Crippen LogP contribution in [-0.4, -0.2) is 80.9 Å². The Kier molecular flexibility index (Phi) is 14.3. The summed E-state index contributed by atoms with van der Waals surface area (Å²) < 4.78 is 15.8. The summed E-state index contributed by atoms with van der Waals surface area (Å²) in [5, 5.41) is 6.05. The van der Waals surface area contributed by atoms with Crippen molar-refractivity contribution in [3.63, 3.8) is 0 Å². The highest BCUT2D eigenvalue weighted by Crippen LogP contribution is 2.09. The number of nitrogens with zero attached hydrogens (tertiary/aromatic N) is 4. The van der Waals surface area contributed by atoms with E-state index in [0.29, 0.717) is 32.7 Å². The van der Waals surface area contributed by atoms with Crippen molar-refractivity contribution in [1.29, 1.82) is 0 Å². The topological polar surface area (TPSA) is 143 Å². The fraction of sp³-hybridized carbons (Fsp3) is 0.833. The molecule has 0 saturated carbocycles. The Morgan fingerprint density at radius 1 is 1.10 bits per heavy atom. The third-order valence-corrected chi connectivity index (χ3v) is 3.33. The van der Waals surface area contributed by atoms with Crippen molar-refractivity contribution in [3.05, 3.63) is 10.4 Å². The van der Waals surface area contributed by atoms with Crippen molar-refractivity contribution in [2.75, 3.05) is 52.6 Å². The summed E-state index contributed by atoms with van der Waals surface area (Å²) in [5.74, 6) is -0.783. The first-order valence-corrected chi connectivity index (χ1v) is 9.56. The third-order valence-electron chi connectivity index (χ3n) is 3.33. The molecule has 0 rings (SSSR count). The summed E-state index contributed by atoms with van der Waals surface area (Å²) in [5.41, 5.74) is 7.75. The van der Waals surface area contributed by atoms with Gasteiger partial charge in [-0.2, -0.15) is 0 Å². The van der Waals surface area contributed by atoms with Crippen LogP contribution < -0.4 is 5.32 Å². The molecule has 0 unspecified atom stereocenters. The van der Waals surface area contributed by atoms with Crippen LogP contribution in [0.4, 0.5) is 0 Å². The van der Waals surface area contributed by atoms with E-state index in [1.165, 1.54) is 11.8 Å². The minimum Gasteiger partial charge on any atom is -0.460 e. The molecule has 166 valence electrons. The van der Waals surface area contributed by atoms with Gasteiger partial charge in [-0.1, -0.05) is 5.11 Å². The fourth-order valence-electron chi connectivity index (χ4n) is 2.13. The maximum absolute atomic E-state index is 12.4. The summed E-state index contributed by atoms with van der Waals surface area (Å²) >= 11 is 0. The molecule has 0 fully saturated rings. The molecule has 0 aromatic heterocycles. The van der Waals surface area contributed by atoms with Gasteiger partial charge in [0.1, 0.15) is 12.2 Å². The van der Waals surface area contributed by atoms with Gasteiger partial charge < -0.3 is 24.4 Å². The van der Waals surface area contributed by atoms with Gasteiger partial charge in [0.05, 0.1) is 26.2 Å². The SMILES string of the molecule is CC(=O)NCCOCCOCC(=O)N(CCCN=[N+]=[N-])CCC(=O)OC(C)(C)C. The molecule has 0 aliphatic rings. The normalized spacial score (nSPS) is 10.8. The molecular formula is C18H33N5O6. The van der Waals surface area contributed by atoms with Gasteiger partial charge in [0.15, 0.2) is 0 Å². The standard InChI is InChI=1S/C18H33N5O6/c1-15(24)20-8-11-27-12-13-28-14-16(25)23(9-5-7-21-22-19)10-6-17(26)29-18(2,3)4/h5-14H2,1-4H3,(H,20,24). The van der Waals surface area contributed by atoms with Crippen molar-refractivity contribution in [2.45, 2.75) is 46.1 Å². The zero-order valence-electron chi connectivity index (χ0n) is 17.8. The molecule has 0 aliphatic heterocycles.